The number of carbonyl (C=O) groups excluding carboxylic acids is 1. The molecule has 0 aromatic carbocycles. The van der Waals surface area contributed by atoms with Gasteiger partial charge in [0, 0.05) is 6.20 Å². The van der Waals surface area contributed by atoms with Gasteiger partial charge in [-0.1, -0.05) is 25.4 Å². The Labute approximate surface area is 82.9 Å². The smallest absolute Gasteiger partial charge is 0.268 e. The van der Waals surface area contributed by atoms with E-state index in [-0.39, 0.29) is 5.69 Å². The number of nitrogens with two attached hydrogens (primary N) is 1. The third kappa shape index (κ3) is 3.42. The number of halogens is 1. The molecule has 1 rings (SSSR count). The van der Waals surface area contributed by atoms with Crippen LogP contribution in [0.2, 0.25) is 5.02 Å². The fourth-order valence-electron chi connectivity index (χ4n) is 0.715. The zero-order valence-electron chi connectivity index (χ0n) is 7.97. The Morgan fingerprint density at radius 2 is 2.08 bits per heavy atom. The number of hydrogen-bond acceptors (Lipinski definition) is 2. The van der Waals surface area contributed by atoms with Gasteiger partial charge in [0.2, 0.25) is 0 Å². The molecule has 4 heteroatoms. The van der Waals surface area contributed by atoms with Gasteiger partial charge < -0.3 is 5.73 Å². The Balaban J connectivity index is 0.000000671. The third-order valence-corrected chi connectivity index (χ3v) is 1.50. The molecule has 1 heterocycles. The standard InChI is InChI=1S/C7H7ClN2O.C2H6/c1-4-2-5(8)6(7(9)11)10-3-4;1-2/h2-3H,1H3,(H2,9,11);1-2H3. The van der Waals surface area contributed by atoms with Crippen LogP contribution in [0.25, 0.3) is 0 Å². The fourth-order valence-corrected chi connectivity index (χ4v) is 1.03. The van der Waals surface area contributed by atoms with Crippen molar-refractivity contribution in [3.05, 3.63) is 28.5 Å². The van der Waals surface area contributed by atoms with Crippen molar-refractivity contribution in [1.29, 1.82) is 0 Å². The third-order valence-electron chi connectivity index (χ3n) is 1.21. The lowest BCUT2D eigenvalue weighted by Gasteiger charge is -1.97. The monoisotopic (exact) mass is 200 g/mol. The molecule has 0 aliphatic carbocycles. The Kier molecular flexibility index (Phi) is 5.07. The largest absolute Gasteiger partial charge is 0.364 e. The maximum Gasteiger partial charge on any atom is 0.268 e. The van der Waals surface area contributed by atoms with Crippen molar-refractivity contribution in [1.82, 2.24) is 4.98 Å². The second kappa shape index (κ2) is 5.54. The van der Waals surface area contributed by atoms with Gasteiger partial charge in [-0.25, -0.2) is 4.98 Å². The normalized spacial score (nSPS) is 8.62. The van der Waals surface area contributed by atoms with Crippen molar-refractivity contribution in [2.75, 3.05) is 0 Å². The number of rotatable bonds is 1. The molecule has 1 aromatic rings. The summed E-state index contributed by atoms with van der Waals surface area (Å²) in [5, 5.41) is 0.303. The fraction of sp³-hybridized carbons (Fsp3) is 0.333. The number of aryl methyl sites for hydroxylation is 1. The van der Waals surface area contributed by atoms with E-state index in [1.165, 1.54) is 0 Å². The molecule has 0 atom stereocenters. The van der Waals surface area contributed by atoms with Gasteiger partial charge in [-0.05, 0) is 18.6 Å². The van der Waals surface area contributed by atoms with Crippen LogP contribution in [0.15, 0.2) is 12.3 Å². The van der Waals surface area contributed by atoms with Crippen molar-refractivity contribution in [3.8, 4) is 0 Å². The average molecular weight is 201 g/mol. The number of aromatic nitrogens is 1. The molecule has 13 heavy (non-hydrogen) atoms. The molecule has 0 radical (unpaired) electrons. The molecule has 0 bridgehead atoms. The van der Waals surface area contributed by atoms with E-state index >= 15 is 0 Å². The van der Waals surface area contributed by atoms with Crippen molar-refractivity contribution >= 4 is 17.5 Å². The SMILES string of the molecule is CC.Cc1cnc(C(N)=O)c(Cl)c1. The Hall–Kier alpha value is -1.09. The summed E-state index contributed by atoms with van der Waals surface area (Å²) in [7, 11) is 0. The summed E-state index contributed by atoms with van der Waals surface area (Å²) in [5.74, 6) is -0.602. The van der Waals surface area contributed by atoms with Crippen LogP contribution in [0.3, 0.4) is 0 Å². The molecule has 1 aromatic heterocycles. The zero-order chi connectivity index (χ0) is 10.4. The van der Waals surface area contributed by atoms with Crippen LogP contribution in [0.5, 0.6) is 0 Å². The summed E-state index contributed by atoms with van der Waals surface area (Å²) in [4.78, 5) is 14.4. The summed E-state index contributed by atoms with van der Waals surface area (Å²) >= 11 is 5.66. The minimum Gasteiger partial charge on any atom is -0.364 e. The first kappa shape index (κ1) is 11.9. The first-order valence-electron chi connectivity index (χ1n) is 4.03. The molecule has 0 aliphatic heterocycles. The topological polar surface area (TPSA) is 56.0 Å². The van der Waals surface area contributed by atoms with Crippen LogP contribution in [-0.2, 0) is 0 Å². The highest BCUT2D eigenvalue weighted by molar-refractivity contribution is 6.33. The molecule has 3 nitrogen and oxygen atoms in total. The summed E-state index contributed by atoms with van der Waals surface area (Å²) in [5.41, 5.74) is 6.00. The van der Waals surface area contributed by atoms with E-state index in [1.54, 1.807) is 12.3 Å². The average Bonchev–Trinajstić information content (AvgIpc) is 2.07. The number of amides is 1. The van der Waals surface area contributed by atoms with E-state index < -0.39 is 5.91 Å². The lowest BCUT2D eigenvalue weighted by atomic mass is 10.3. The van der Waals surface area contributed by atoms with Crippen LogP contribution < -0.4 is 5.73 Å². The van der Waals surface area contributed by atoms with Crippen LogP contribution in [-0.4, -0.2) is 10.9 Å². The number of nitrogens with zero attached hydrogens (tertiary/aromatic N) is 1. The van der Waals surface area contributed by atoms with E-state index in [0.717, 1.165) is 5.56 Å². The second-order valence-corrected chi connectivity index (χ2v) is 2.61. The van der Waals surface area contributed by atoms with Gasteiger partial charge in [0.25, 0.3) is 5.91 Å². The first-order chi connectivity index (χ1) is 6.11. The highest BCUT2D eigenvalue weighted by Crippen LogP contribution is 2.13. The molecule has 0 fully saturated rings. The summed E-state index contributed by atoms with van der Waals surface area (Å²) in [6.45, 7) is 5.84. The Morgan fingerprint density at radius 1 is 1.54 bits per heavy atom. The molecule has 1 amide bonds. The highest BCUT2D eigenvalue weighted by atomic mass is 35.5. The molecule has 0 aliphatic rings. The van der Waals surface area contributed by atoms with E-state index in [2.05, 4.69) is 4.98 Å². The molecule has 0 saturated carbocycles. The predicted octanol–water partition coefficient (Wildman–Crippen LogP) is 2.17. The predicted molar refractivity (Wildman–Crippen MR) is 53.8 cm³/mol. The molecule has 0 spiro atoms. The minimum atomic E-state index is -0.602. The van der Waals surface area contributed by atoms with Gasteiger partial charge in [0.1, 0.15) is 5.69 Å². The first-order valence-corrected chi connectivity index (χ1v) is 4.41. The molecule has 0 unspecified atom stereocenters. The zero-order valence-corrected chi connectivity index (χ0v) is 8.72. The highest BCUT2D eigenvalue weighted by Gasteiger charge is 2.06. The van der Waals surface area contributed by atoms with Crippen LogP contribution in [0.4, 0.5) is 0 Å². The second-order valence-electron chi connectivity index (χ2n) is 2.21. The van der Waals surface area contributed by atoms with Crippen LogP contribution in [0, 0.1) is 6.92 Å². The summed E-state index contributed by atoms with van der Waals surface area (Å²) in [6.07, 6.45) is 1.55. The molecule has 72 valence electrons. The quantitative estimate of drug-likeness (QED) is 0.756. The summed E-state index contributed by atoms with van der Waals surface area (Å²) in [6, 6.07) is 1.65. The molecule has 0 saturated heterocycles. The number of carbonyl (C=O) groups is 1. The number of pyridine rings is 1. The Morgan fingerprint density at radius 3 is 2.46 bits per heavy atom. The van der Waals surface area contributed by atoms with E-state index in [1.807, 2.05) is 20.8 Å². The number of hydrogen-bond donors (Lipinski definition) is 1. The van der Waals surface area contributed by atoms with Crippen molar-refractivity contribution in [3.63, 3.8) is 0 Å². The van der Waals surface area contributed by atoms with Crippen LogP contribution >= 0.6 is 11.6 Å². The summed E-state index contributed by atoms with van der Waals surface area (Å²) < 4.78 is 0. The molecule has 2 N–H and O–H groups in total. The Bertz CT molecular complexity index is 300. The maximum absolute atomic E-state index is 10.6. The van der Waals surface area contributed by atoms with E-state index in [0.29, 0.717) is 5.02 Å². The van der Waals surface area contributed by atoms with Gasteiger partial charge in [-0.15, -0.1) is 0 Å². The lowest BCUT2D eigenvalue weighted by Crippen LogP contribution is -2.13. The minimum absolute atomic E-state index is 0.122. The van der Waals surface area contributed by atoms with Crippen LogP contribution in [0.1, 0.15) is 29.9 Å². The van der Waals surface area contributed by atoms with Crippen molar-refractivity contribution < 1.29 is 4.79 Å². The van der Waals surface area contributed by atoms with Gasteiger partial charge in [-0.2, -0.15) is 0 Å². The molecular weight excluding hydrogens is 188 g/mol. The van der Waals surface area contributed by atoms with E-state index in [4.69, 9.17) is 17.3 Å². The van der Waals surface area contributed by atoms with Crippen molar-refractivity contribution in [2.45, 2.75) is 20.8 Å². The van der Waals surface area contributed by atoms with Gasteiger partial charge in [-0.3, -0.25) is 4.79 Å². The molecular formula is C9H13ClN2O. The number of primary amides is 1. The lowest BCUT2D eigenvalue weighted by molar-refractivity contribution is 0.0996. The van der Waals surface area contributed by atoms with Gasteiger partial charge >= 0.3 is 0 Å². The maximum atomic E-state index is 10.6. The van der Waals surface area contributed by atoms with Gasteiger partial charge in [0.05, 0.1) is 5.02 Å². The van der Waals surface area contributed by atoms with Crippen molar-refractivity contribution in [2.24, 2.45) is 5.73 Å². The van der Waals surface area contributed by atoms with E-state index in [9.17, 15) is 4.79 Å². The van der Waals surface area contributed by atoms with Gasteiger partial charge in [0.15, 0.2) is 0 Å².